The average molecular weight is 353 g/mol. The van der Waals surface area contributed by atoms with E-state index in [2.05, 4.69) is 20.5 Å². The van der Waals surface area contributed by atoms with Gasteiger partial charge in [0.2, 0.25) is 5.91 Å². The van der Waals surface area contributed by atoms with E-state index in [1.165, 1.54) is 6.92 Å². The zero-order valence-electron chi connectivity index (χ0n) is 14.8. The van der Waals surface area contributed by atoms with Crippen molar-refractivity contribution in [1.82, 2.24) is 14.8 Å². The molecule has 0 spiro atoms. The van der Waals surface area contributed by atoms with Crippen molar-refractivity contribution in [1.29, 1.82) is 0 Å². The van der Waals surface area contributed by atoms with Crippen LogP contribution in [-0.2, 0) is 11.3 Å². The predicted molar refractivity (Wildman–Crippen MR) is 101 cm³/mol. The average Bonchev–Trinajstić information content (AvgIpc) is 2.63. The van der Waals surface area contributed by atoms with E-state index in [0.717, 1.165) is 25.3 Å². The largest absolute Gasteiger partial charge is 0.326 e. The molecule has 1 fully saturated rings. The zero-order chi connectivity index (χ0) is 18.4. The molecule has 1 aliphatic heterocycles. The first-order valence-corrected chi connectivity index (χ1v) is 8.66. The first-order valence-electron chi connectivity index (χ1n) is 8.66. The summed E-state index contributed by atoms with van der Waals surface area (Å²) in [6.45, 7) is 5.23. The quantitative estimate of drug-likeness (QED) is 0.885. The Labute approximate surface area is 153 Å². The predicted octanol–water partition coefficient (Wildman–Crippen LogP) is 2.39. The monoisotopic (exact) mass is 353 g/mol. The highest BCUT2D eigenvalue weighted by Crippen LogP contribution is 2.16. The Bertz CT molecular complexity index is 758. The highest BCUT2D eigenvalue weighted by atomic mass is 16.2. The molecule has 2 aromatic rings. The number of hydrogen-bond acceptors (Lipinski definition) is 4. The first kappa shape index (κ1) is 17.9. The van der Waals surface area contributed by atoms with Crippen molar-refractivity contribution >= 4 is 23.3 Å². The Balaban J connectivity index is 1.50. The number of benzene rings is 1. The van der Waals surface area contributed by atoms with Crippen molar-refractivity contribution in [3.8, 4) is 0 Å². The molecular weight excluding hydrogens is 330 g/mol. The van der Waals surface area contributed by atoms with Crippen molar-refractivity contribution in [2.24, 2.45) is 0 Å². The van der Waals surface area contributed by atoms with Gasteiger partial charge in [-0.15, -0.1) is 0 Å². The van der Waals surface area contributed by atoms with Gasteiger partial charge >= 0.3 is 6.03 Å². The van der Waals surface area contributed by atoms with Gasteiger partial charge in [0.25, 0.3) is 0 Å². The molecule has 0 aliphatic carbocycles. The number of carbonyl (C=O) groups excluding carboxylic acids is 2. The maximum Gasteiger partial charge on any atom is 0.321 e. The van der Waals surface area contributed by atoms with Gasteiger partial charge in [0.15, 0.2) is 0 Å². The summed E-state index contributed by atoms with van der Waals surface area (Å²) < 4.78 is 0. The summed E-state index contributed by atoms with van der Waals surface area (Å²) in [6, 6.07) is 12.9. The fraction of sp³-hybridized carbons (Fsp3) is 0.316. The van der Waals surface area contributed by atoms with Gasteiger partial charge in [0, 0.05) is 57.2 Å². The molecule has 0 bridgehead atoms. The van der Waals surface area contributed by atoms with Gasteiger partial charge in [0.1, 0.15) is 0 Å². The molecule has 2 heterocycles. The van der Waals surface area contributed by atoms with Crippen LogP contribution in [-0.4, -0.2) is 52.9 Å². The third-order valence-electron chi connectivity index (χ3n) is 4.21. The highest BCUT2D eigenvalue weighted by molar-refractivity contribution is 5.92. The summed E-state index contributed by atoms with van der Waals surface area (Å²) in [4.78, 5) is 32.1. The van der Waals surface area contributed by atoms with Crippen LogP contribution >= 0.6 is 0 Å². The summed E-state index contributed by atoms with van der Waals surface area (Å²) in [5.74, 6) is -0.141. The van der Waals surface area contributed by atoms with Crippen LogP contribution in [0.5, 0.6) is 0 Å². The Kier molecular flexibility index (Phi) is 5.80. The minimum Gasteiger partial charge on any atom is -0.326 e. The number of aromatic nitrogens is 1. The second kappa shape index (κ2) is 8.44. The molecule has 0 unspecified atom stereocenters. The lowest BCUT2D eigenvalue weighted by Crippen LogP contribution is -2.49. The van der Waals surface area contributed by atoms with E-state index >= 15 is 0 Å². The van der Waals surface area contributed by atoms with E-state index in [-0.39, 0.29) is 11.9 Å². The van der Waals surface area contributed by atoms with E-state index in [9.17, 15) is 9.59 Å². The molecule has 7 nitrogen and oxygen atoms in total. The molecule has 1 aliphatic rings. The van der Waals surface area contributed by atoms with E-state index in [1.54, 1.807) is 35.4 Å². The third-order valence-corrected chi connectivity index (χ3v) is 4.21. The van der Waals surface area contributed by atoms with E-state index in [1.807, 2.05) is 18.2 Å². The number of nitrogens with zero attached hydrogens (tertiary/aromatic N) is 3. The molecule has 0 atom stereocenters. The summed E-state index contributed by atoms with van der Waals surface area (Å²) in [6.07, 6.45) is 1.80. The van der Waals surface area contributed by atoms with Crippen molar-refractivity contribution in [3.05, 3.63) is 54.4 Å². The fourth-order valence-corrected chi connectivity index (χ4v) is 2.91. The van der Waals surface area contributed by atoms with E-state index in [0.29, 0.717) is 24.5 Å². The Morgan fingerprint density at radius 1 is 1.00 bits per heavy atom. The third kappa shape index (κ3) is 5.03. The molecule has 0 radical (unpaired) electrons. The van der Waals surface area contributed by atoms with Crippen molar-refractivity contribution in [3.63, 3.8) is 0 Å². The molecule has 136 valence electrons. The molecule has 0 saturated carbocycles. The van der Waals surface area contributed by atoms with E-state index in [4.69, 9.17) is 0 Å². The van der Waals surface area contributed by atoms with Gasteiger partial charge in [-0.05, 0) is 30.3 Å². The second-order valence-electron chi connectivity index (χ2n) is 6.28. The summed E-state index contributed by atoms with van der Waals surface area (Å²) >= 11 is 0. The van der Waals surface area contributed by atoms with Crippen LogP contribution in [0.25, 0.3) is 0 Å². The van der Waals surface area contributed by atoms with Crippen LogP contribution in [0.3, 0.4) is 0 Å². The first-order chi connectivity index (χ1) is 12.6. The van der Waals surface area contributed by atoms with Crippen LogP contribution in [0.15, 0.2) is 48.7 Å². The van der Waals surface area contributed by atoms with E-state index < -0.39 is 0 Å². The number of nitrogens with one attached hydrogen (secondary N) is 2. The number of anilines is 2. The maximum atomic E-state index is 12.5. The van der Waals surface area contributed by atoms with Crippen LogP contribution in [0.4, 0.5) is 16.2 Å². The Morgan fingerprint density at radius 2 is 1.73 bits per heavy atom. The van der Waals surface area contributed by atoms with Crippen LogP contribution < -0.4 is 10.6 Å². The van der Waals surface area contributed by atoms with Gasteiger partial charge in [-0.3, -0.25) is 14.7 Å². The Morgan fingerprint density at radius 3 is 2.38 bits per heavy atom. The number of rotatable bonds is 4. The highest BCUT2D eigenvalue weighted by Gasteiger charge is 2.21. The summed E-state index contributed by atoms with van der Waals surface area (Å²) in [5, 5.41) is 5.61. The normalized spacial score (nSPS) is 14.7. The number of pyridine rings is 1. The summed E-state index contributed by atoms with van der Waals surface area (Å²) in [5.41, 5.74) is 2.37. The summed E-state index contributed by atoms with van der Waals surface area (Å²) in [7, 11) is 0. The fourth-order valence-electron chi connectivity index (χ4n) is 2.91. The van der Waals surface area contributed by atoms with Crippen molar-refractivity contribution < 1.29 is 9.59 Å². The van der Waals surface area contributed by atoms with Crippen LogP contribution in [0.1, 0.15) is 12.6 Å². The molecule has 3 rings (SSSR count). The van der Waals surface area contributed by atoms with Gasteiger partial charge in [-0.2, -0.15) is 0 Å². The van der Waals surface area contributed by atoms with Gasteiger partial charge in [-0.1, -0.05) is 12.1 Å². The smallest absolute Gasteiger partial charge is 0.321 e. The van der Waals surface area contributed by atoms with Crippen molar-refractivity contribution in [2.45, 2.75) is 13.5 Å². The lowest BCUT2D eigenvalue weighted by atomic mass is 10.2. The topological polar surface area (TPSA) is 77.6 Å². The van der Waals surface area contributed by atoms with Gasteiger partial charge < -0.3 is 15.5 Å². The minimum atomic E-state index is -0.141. The molecule has 1 saturated heterocycles. The lowest BCUT2D eigenvalue weighted by Gasteiger charge is -2.34. The molecule has 7 heteroatoms. The van der Waals surface area contributed by atoms with Gasteiger partial charge in [0.05, 0.1) is 5.69 Å². The molecule has 2 N–H and O–H groups in total. The maximum absolute atomic E-state index is 12.5. The number of piperazine rings is 1. The number of urea groups is 1. The molecular formula is C19H23N5O2. The molecule has 3 amide bonds. The number of carbonyl (C=O) groups is 2. The number of amides is 3. The zero-order valence-corrected chi connectivity index (χ0v) is 14.8. The number of hydrogen-bond donors (Lipinski definition) is 2. The Hall–Kier alpha value is -2.93. The van der Waals surface area contributed by atoms with Crippen LogP contribution in [0.2, 0.25) is 0 Å². The van der Waals surface area contributed by atoms with Gasteiger partial charge in [-0.25, -0.2) is 4.79 Å². The lowest BCUT2D eigenvalue weighted by molar-refractivity contribution is -0.114. The second-order valence-corrected chi connectivity index (χ2v) is 6.28. The molecule has 1 aromatic carbocycles. The molecule has 1 aromatic heterocycles. The minimum absolute atomic E-state index is 0.123. The molecule has 26 heavy (non-hydrogen) atoms. The standard InChI is InChI=1S/C19H23N5O2/c1-15(25)21-16-6-4-7-17(13-16)22-19(26)24-11-9-23(10-12-24)14-18-5-2-3-8-20-18/h2-8,13H,9-12,14H2,1H3,(H,21,25)(H,22,26). The van der Waals surface area contributed by atoms with Crippen molar-refractivity contribution in [2.75, 3.05) is 36.8 Å². The SMILES string of the molecule is CC(=O)Nc1cccc(NC(=O)N2CCN(Cc3ccccn3)CC2)c1. The van der Waals surface area contributed by atoms with Crippen LogP contribution in [0, 0.1) is 0 Å².